The molecule has 1 N–H and O–H groups in total. The van der Waals surface area contributed by atoms with Crippen molar-refractivity contribution in [3.05, 3.63) is 47.5 Å². The summed E-state index contributed by atoms with van der Waals surface area (Å²) in [5.41, 5.74) is 2.08. The van der Waals surface area contributed by atoms with E-state index in [1.165, 1.54) is 11.8 Å². The average molecular weight is 293 g/mol. The van der Waals surface area contributed by atoms with Gasteiger partial charge in [-0.25, -0.2) is 4.39 Å². The maximum atomic E-state index is 13.8. The highest BCUT2D eigenvalue weighted by Gasteiger charge is 2.13. The lowest BCUT2D eigenvalue weighted by Gasteiger charge is -2.20. The predicted octanol–water partition coefficient (Wildman–Crippen LogP) is 3.69. The van der Waals surface area contributed by atoms with Crippen molar-refractivity contribution in [2.75, 3.05) is 6.26 Å². The smallest absolute Gasteiger partial charge is 0.137 e. The summed E-state index contributed by atoms with van der Waals surface area (Å²) in [5, 5.41) is 7.63. The number of nitrogens with zero attached hydrogens (tertiary/aromatic N) is 2. The van der Waals surface area contributed by atoms with Crippen LogP contribution in [0, 0.1) is 5.82 Å². The summed E-state index contributed by atoms with van der Waals surface area (Å²) in [6.07, 6.45) is 5.72. The van der Waals surface area contributed by atoms with Gasteiger partial charge in [0.1, 0.15) is 5.82 Å². The third-order valence-corrected chi connectivity index (χ3v) is 4.17. The number of benzene rings is 1. The molecular weight excluding hydrogens is 273 g/mol. The minimum Gasteiger partial charge on any atom is -0.304 e. The first kappa shape index (κ1) is 15.1. The Kier molecular flexibility index (Phi) is 4.83. The Morgan fingerprint density at radius 3 is 2.50 bits per heavy atom. The molecule has 0 aliphatic carbocycles. The minimum absolute atomic E-state index is 0.0793. The highest BCUT2D eigenvalue weighted by atomic mass is 32.2. The molecule has 0 saturated heterocycles. The molecule has 2 aromatic rings. The molecule has 0 saturated carbocycles. The fraction of sp³-hybridized carbons (Fsp3) is 0.400. The largest absolute Gasteiger partial charge is 0.304 e. The monoisotopic (exact) mass is 293 g/mol. The summed E-state index contributed by atoms with van der Waals surface area (Å²) in [6.45, 7) is 4.13. The van der Waals surface area contributed by atoms with Gasteiger partial charge in [-0.1, -0.05) is 6.07 Å². The third kappa shape index (κ3) is 3.41. The first-order chi connectivity index (χ1) is 9.51. The maximum absolute atomic E-state index is 13.8. The van der Waals surface area contributed by atoms with Gasteiger partial charge >= 0.3 is 0 Å². The third-order valence-electron chi connectivity index (χ3n) is 3.40. The van der Waals surface area contributed by atoms with E-state index in [-0.39, 0.29) is 17.9 Å². The SMILES string of the molecule is CSc1ccc([C@H](C)N[C@@H](C)c2cnn(C)c2)cc1F. The quantitative estimate of drug-likeness (QED) is 0.853. The van der Waals surface area contributed by atoms with E-state index < -0.39 is 0 Å². The summed E-state index contributed by atoms with van der Waals surface area (Å²) in [5.74, 6) is -0.155. The first-order valence-electron chi connectivity index (χ1n) is 6.59. The van der Waals surface area contributed by atoms with Crippen molar-refractivity contribution in [3.63, 3.8) is 0 Å². The standard InChI is InChI=1S/C15H20FN3S/c1-10(12-5-6-15(20-4)14(16)7-12)18-11(2)13-8-17-19(3)9-13/h5-11,18H,1-4H3/t10-,11-/m0/s1. The van der Waals surface area contributed by atoms with E-state index in [2.05, 4.69) is 17.3 Å². The van der Waals surface area contributed by atoms with Gasteiger partial charge in [-0.2, -0.15) is 5.10 Å². The molecule has 20 heavy (non-hydrogen) atoms. The van der Waals surface area contributed by atoms with Gasteiger partial charge in [0.25, 0.3) is 0 Å². The van der Waals surface area contributed by atoms with Crippen LogP contribution in [0.4, 0.5) is 4.39 Å². The topological polar surface area (TPSA) is 29.9 Å². The molecule has 0 bridgehead atoms. The zero-order valence-electron chi connectivity index (χ0n) is 12.2. The van der Waals surface area contributed by atoms with Crippen molar-refractivity contribution in [1.82, 2.24) is 15.1 Å². The molecule has 1 aromatic heterocycles. The van der Waals surface area contributed by atoms with Crippen LogP contribution in [0.3, 0.4) is 0 Å². The van der Waals surface area contributed by atoms with Crippen molar-refractivity contribution in [3.8, 4) is 0 Å². The van der Waals surface area contributed by atoms with E-state index in [9.17, 15) is 4.39 Å². The Morgan fingerprint density at radius 2 is 1.95 bits per heavy atom. The second-order valence-electron chi connectivity index (χ2n) is 4.95. The molecule has 0 aliphatic rings. The molecular formula is C15H20FN3S. The molecule has 0 aliphatic heterocycles. The summed E-state index contributed by atoms with van der Waals surface area (Å²) < 4.78 is 15.6. The molecule has 0 unspecified atom stereocenters. The number of aromatic nitrogens is 2. The van der Waals surface area contributed by atoms with E-state index in [1.807, 2.05) is 44.8 Å². The van der Waals surface area contributed by atoms with E-state index in [1.54, 1.807) is 10.7 Å². The van der Waals surface area contributed by atoms with E-state index in [4.69, 9.17) is 0 Å². The van der Waals surface area contributed by atoms with Gasteiger partial charge in [0.05, 0.1) is 6.20 Å². The normalized spacial score (nSPS) is 14.2. The van der Waals surface area contributed by atoms with Crippen LogP contribution in [0.5, 0.6) is 0 Å². The van der Waals surface area contributed by atoms with E-state index in [0.29, 0.717) is 4.90 Å². The Bertz CT molecular complexity index is 582. The molecule has 0 radical (unpaired) electrons. The molecule has 0 amide bonds. The second kappa shape index (κ2) is 6.41. The van der Waals surface area contributed by atoms with Crippen molar-refractivity contribution < 1.29 is 4.39 Å². The Labute approximate surface area is 123 Å². The zero-order chi connectivity index (χ0) is 14.7. The summed E-state index contributed by atoms with van der Waals surface area (Å²) in [4.78, 5) is 0.682. The molecule has 2 rings (SSSR count). The van der Waals surface area contributed by atoms with Crippen LogP contribution in [0.1, 0.15) is 37.1 Å². The lowest BCUT2D eigenvalue weighted by atomic mass is 10.1. The highest BCUT2D eigenvalue weighted by Crippen LogP contribution is 2.24. The van der Waals surface area contributed by atoms with Crippen LogP contribution in [0.15, 0.2) is 35.5 Å². The van der Waals surface area contributed by atoms with Crippen LogP contribution in [0.25, 0.3) is 0 Å². The van der Waals surface area contributed by atoms with Crippen molar-refractivity contribution in [1.29, 1.82) is 0 Å². The molecule has 5 heteroatoms. The number of thioether (sulfide) groups is 1. The number of nitrogens with one attached hydrogen (secondary N) is 1. The Balaban J connectivity index is 2.07. The van der Waals surface area contributed by atoms with Gasteiger partial charge in [-0.3, -0.25) is 4.68 Å². The molecule has 0 spiro atoms. The van der Waals surface area contributed by atoms with Crippen LogP contribution < -0.4 is 5.32 Å². The lowest BCUT2D eigenvalue weighted by Crippen LogP contribution is -2.22. The maximum Gasteiger partial charge on any atom is 0.137 e. The van der Waals surface area contributed by atoms with Crippen molar-refractivity contribution in [2.24, 2.45) is 7.05 Å². The molecule has 1 aromatic carbocycles. The van der Waals surface area contributed by atoms with Gasteiger partial charge in [-0.05, 0) is 37.8 Å². The lowest BCUT2D eigenvalue weighted by molar-refractivity contribution is 0.490. The van der Waals surface area contributed by atoms with E-state index >= 15 is 0 Å². The summed E-state index contributed by atoms with van der Waals surface area (Å²) in [6, 6.07) is 5.67. The van der Waals surface area contributed by atoms with Crippen LogP contribution in [-0.4, -0.2) is 16.0 Å². The predicted molar refractivity (Wildman–Crippen MR) is 81.4 cm³/mol. The van der Waals surface area contributed by atoms with Crippen molar-refractivity contribution >= 4 is 11.8 Å². The highest BCUT2D eigenvalue weighted by molar-refractivity contribution is 7.98. The molecule has 0 fully saturated rings. The Morgan fingerprint density at radius 1 is 1.25 bits per heavy atom. The fourth-order valence-corrected chi connectivity index (χ4v) is 2.64. The fourth-order valence-electron chi connectivity index (χ4n) is 2.18. The number of aryl methyl sites for hydroxylation is 1. The molecule has 3 nitrogen and oxygen atoms in total. The number of rotatable bonds is 5. The minimum atomic E-state index is -0.155. The van der Waals surface area contributed by atoms with Crippen LogP contribution in [0.2, 0.25) is 0 Å². The zero-order valence-corrected chi connectivity index (χ0v) is 13.0. The number of hydrogen-bond donors (Lipinski definition) is 1. The van der Waals surface area contributed by atoms with Gasteiger partial charge in [0.15, 0.2) is 0 Å². The average Bonchev–Trinajstić information content (AvgIpc) is 2.85. The van der Waals surface area contributed by atoms with Gasteiger partial charge in [0, 0.05) is 35.8 Å². The van der Waals surface area contributed by atoms with Crippen LogP contribution >= 0.6 is 11.8 Å². The summed E-state index contributed by atoms with van der Waals surface area (Å²) >= 11 is 1.42. The second-order valence-corrected chi connectivity index (χ2v) is 5.80. The number of halogens is 1. The van der Waals surface area contributed by atoms with Crippen molar-refractivity contribution in [2.45, 2.75) is 30.8 Å². The molecule has 2 atom stereocenters. The van der Waals surface area contributed by atoms with E-state index in [0.717, 1.165) is 11.1 Å². The van der Waals surface area contributed by atoms with Gasteiger partial charge in [0.2, 0.25) is 0 Å². The molecule has 108 valence electrons. The molecule has 1 heterocycles. The number of hydrogen-bond acceptors (Lipinski definition) is 3. The van der Waals surface area contributed by atoms with Crippen LogP contribution in [-0.2, 0) is 7.05 Å². The van der Waals surface area contributed by atoms with Gasteiger partial charge < -0.3 is 5.32 Å². The summed E-state index contributed by atoms with van der Waals surface area (Å²) in [7, 11) is 1.90. The Hall–Kier alpha value is -1.33. The first-order valence-corrected chi connectivity index (χ1v) is 7.81. The van der Waals surface area contributed by atoms with Gasteiger partial charge in [-0.15, -0.1) is 11.8 Å².